The van der Waals surface area contributed by atoms with Crippen molar-refractivity contribution in [1.29, 1.82) is 0 Å². The molecule has 0 aromatic heterocycles. The highest BCUT2D eigenvalue weighted by Crippen LogP contribution is 2.30. The van der Waals surface area contributed by atoms with Crippen LogP contribution in [0.15, 0.2) is 29.8 Å². The first-order chi connectivity index (χ1) is 14.0. The van der Waals surface area contributed by atoms with Crippen LogP contribution in [0, 0.1) is 5.82 Å². The summed E-state index contributed by atoms with van der Waals surface area (Å²) in [5.41, 5.74) is -1.93. The van der Waals surface area contributed by atoms with Gasteiger partial charge in [-0.25, -0.2) is 17.6 Å². The highest BCUT2D eigenvalue weighted by atomic mass is 35.5. The van der Waals surface area contributed by atoms with Gasteiger partial charge in [0.15, 0.2) is 1.41 Å². The van der Waals surface area contributed by atoms with Crippen molar-refractivity contribution >= 4 is 33.3 Å². The van der Waals surface area contributed by atoms with Crippen molar-refractivity contribution in [3.05, 3.63) is 40.7 Å². The van der Waals surface area contributed by atoms with E-state index in [1.165, 1.54) is 6.92 Å². The zero-order valence-electron chi connectivity index (χ0n) is 19.8. The van der Waals surface area contributed by atoms with Gasteiger partial charge in [-0.05, 0) is 44.2 Å². The summed E-state index contributed by atoms with van der Waals surface area (Å²) in [5, 5.41) is -3.40. The molecule has 0 saturated heterocycles. The molecule has 0 radical (unpaired) electrons. The van der Waals surface area contributed by atoms with Crippen molar-refractivity contribution in [2.75, 3.05) is 11.3 Å². The first kappa shape index (κ1) is 9.64. The molecule has 5 nitrogen and oxygen atoms in total. The molecule has 23 heavy (non-hydrogen) atoms. The molecule has 8 heteroatoms. The molecule has 0 spiro atoms. The van der Waals surface area contributed by atoms with Gasteiger partial charge in [-0.3, -0.25) is 4.72 Å². The minimum Gasteiger partial charge on any atom is -0.463 e. The van der Waals surface area contributed by atoms with E-state index in [1.807, 2.05) is 0 Å². The number of hydrogen-bond acceptors (Lipinski definition) is 4. The number of anilines is 1. The largest absolute Gasteiger partial charge is 0.463 e. The van der Waals surface area contributed by atoms with Crippen molar-refractivity contribution in [3.63, 3.8) is 0 Å². The SMILES string of the molecule is [2H]C1=C(C(=O)OCC)[C@H](S(=O)(=O)N([2H])c2ccc(F)cc2Cl)C([2H])([2H])C([2H])([2H])C1([2H])[2H]. The van der Waals surface area contributed by atoms with Gasteiger partial charge in [-0.2, -0.15) is 0 Å². The number of carbonyl (C=O) groups is 1. The van der Waals surface area contributed by atoms with Crippen LogP contribution in [0.25, 0.3) is 0 Å². The Morgan fingerprint density at radius 2 is 2.39 bits per heavy atom. The van der Waals surface area contributed by atoms with E-state index in [0.29, 0.717) is 6.07 Å². The third-order valence-corrected chi connectivity index (χ3v) is 4.36. The number of benzene rings is 1. The molecule has 0 aliphatic heterocycles. The second kappa shape index (κ2) is 7.31. The molecule has 1 atom stereocenters. The lowest BCUT2D eigenvalue weighted by Gasteiger charge is -2.24. The number of halogens is 2. The number of allylic oxidation sites excluding steroid dienone is 1. The lowest BCUT2D eigenvalue weighted by atomic mass is 9.99. The third-order valence-electron chi connectivity index (χ3n) is 2.65. The second-order valence-electron chi connectivity index (χ2n) is 4.24. The molecule has 2 rings (SSSR count). The number of nitrogens with one attached hydrogen (secondary N) is 1. The minimum absolute atomic E-state index is 0.319. The Morgan fingerprint density at radius 3 is 3.04 bits per heavy atom. The third kappa shape index (κ3) is 4.23. The molecular weight excluding hydrogens is 345 g/mol. The predicted molar refractivity (Wildman–Crippen MR) is 86.3 cm³/mol. The molecule has 0 saturated carbocycles. The molecule has 0 heterocycles. The summed E-state index contributed by atoms with van der Waals surface area (Å²) in [6.07, 6.45) is -10.7. The van der Waals surface area contributed by atoms with Gasteiger partial charge in [0, 0.05) is 8.22 Å². The van der Waals surface area contributed by atoms with E-state index in [9.17, 15) is 17.6 Å². The molecule has 1 aliphatic carbocycles. The first-order valence-electron chi connectivity index (χ1n) is 10.3. The molecule has 0 amide bonds. The molecule has 0 unspecified atom stereocenters. The molecule has 1 aliphatic rings. The van der Waals surface area contributed by atoms with E-state index >= 15 is 0 Å². The molecule has 0 bridgehead atoms. The molecular formula is C15H17ClFNO4S. The smallest absolute Gasteiger partial charge is 0.335 e. The van der Waals surface area contributed by atoms with E-state index in [4.69, 9.17) is 22.6 Å². The number of hydrogen-bond donors (Lipinski definition) is 1. The topological polar surface area (TPSA) is 72.5 Å². The summed E-state index contributed by atoms with van der Waals surface area (Å²) in [4.78, 5) is 12.4. The van der Waals surface area contributed by atoms with E-state index in [2.05, 4.69) is 4.74 Å². The lowest BCUT2D eigenvalue weighted by Crippen LogP contribution is -2.34. The minimum atomic E-state index is -5.39. The average Bonchev–Trinajstić information content (AvgIpc) is 2.63. The van der Waals surface area contributed by atoms with Crippen LogP contribution in [0.1, 0.15) is 35.6 Å². The van der Waals surface area contributed by atoms with Gasteiger partial charge in [0.1, 0.15) is 11.1 Å². The summed E-state index contributed by atoms with van der Waals surface area (Å²) < 4.78 is 108. The Kier molecular flexibility index (Phi) is 3.06. The lowest BCUT2D eigenvalue weighted by molar-refractivity contribution is -0.138. The van der Waals surface area contributed by atoms with E-state index in [1.54, 1.807) is 0 Å². The summed E-state index contributed by atoms with van der Waals surface area (Å²) in [7, 11) is -5.39. The van der Waals surface area contributed by atoms with Crippen LogP contribution >= 0.6 is 11.6 Å². The van der Waals surface area contributed by atoms with Crippen LogP contribution in [-0.2, 0) is 19.6 Å². The van der Waals surface area contributed by atoms with Gasteiger partial charge in [0.05, 0.1) is 24.3 Å². The highest BCUT2D eigenvalue weighted by molar-refractivity contribution is 7.93. The average molecular weight is 370 g/mol. The van der Waals surface area contributed by atoms with Crippen molar-refractivity contribution in [2.45, 2.75) is 31.3 Å². The maximum atomic E-state index is 13.3. The van der Waals surface area contributed by atoms with Crippen molar-refractivity contribution < 1.29 is 33.3 Å². The maximum absolute atomic E-state index is 13.3. The highest BCUT2D eigenvalue weighted by Gasteiger charge is 2.35. The summed E-state index contributed by atoms with van der Waals surface area (Å²) in [6, 6.07) is 0.811. The summed E-state index contributed by atoms with van der Waals surface area (Å²) >= 11 is 5.78. The van der Waals surface area contributed by atoms with Crippen molar-refractivity contribution in [3.8, 4) is 0 Å². The molecule has 1 aromatic rings. The van der Waals surface area contributed by atoms with Crippen LogP contribution in [0.4, 0.5) is 10.1 Å². The summed E-state index contributed by atoms with van der Waals surface area (Å²) in [6.45, 7) is 0.988. The molecule has 1 N–H and O–H groups in total. The Morgan fingerprint density at radius 1 is 1.65 bits per heavy atom. The van der Waals surface area contributed by atoms with Gasteiger partial charge in [-0.15, -0.1) is 0 Å². The zero-order chi connectivity index (χ0) is 24.2. The zero-order valence-corrected chi connectivity index (χ0v) is 13.3. The Labute approximate surface area is 150 Å². The van der Waals surface area contributed by atoms with Gasteiger partial charge in [0.2, 0.25) is 10.0 Å². The van der Waals surface area contributed by atoms with Gasteiger partial charge in [-0.1, -0.05) is 17.7 Å². The van der Waals surface area contributed by atoms with Crippen LogP contribution in [0.5, 0.6) is 0 Å². The predicted octanol–water partition coefficient (Wildman–Crippen LogP) is 3.26. The Balaban J connectivity index is 2.85. The fraction of sp³-hybridized carbons (Fsp3) is 0.400. The van der Waals surface area contributed by atoms with Gasteiger partial charge >= 0.3 is 5.97 Å². The van der Waals surface area contributed by atoms with E-state index in [-0.39, 0.29) is 11.3 Å². The number of carbonyl (C=O) groups excluding carboxylic acids is 1. The van der Waals surface area contributed by atoms with Gasteiger partial charge in [0.25, 0.3) is 0 Å². The van der Waals surface area contributed by atoms with Crippen LogP contribution < -0.4 is 4.72 Å². The first-order valence-corrected chi connectivity index (χ1v) is 8.20. The fourth-order valence-electron chi connectivity index (χ4n) is 1.67. The maximum Gasteiger partial charge on any atom is 0.335 e. The van der Waals surface area contributed by atoms with Crippen LogP contribution in [-0.4, -0.2) is 26.2 Å². The van der Waals surface area contributed by atoms with Crippen LogP contribution in [0.3, 0.4) is 0 Å². The second-order valence-corrected chi connectivity index (χ2v) is 6.33. The molecule has 126 valence electrons. The Hall–Kier alpha value is -1.60. The van der Waals surface area contributed by atoms with Crippen molar-refractivity contribution in [1.82, 2.24) is 0 Å². The van der Waals surface area contributed by atoms with Gasteiger partial charge < -0.3 is 4.74 Å². The normalized spacial score (nSPS) is 30.3. The fourth-order valence-corrected chi connectivity index (χ4v) is 3.13. The van der Waals surface area contributed by atoms with E-state index < -0.39 is 68.5 Å². The standard InChI is InChI=1S/C15H17ClFNO4S/c1-2-22-15(19)11-5-3-4-6-14(11)23(20,21)18-13-8-7-10(17)9-12(13)16/h5,7-9,14,18H,2-4,6H2,1H3/t14-/m1/s1/i3D2,4D2,5D,6D2/hD. The quantitative estimate of drug-likeness (QED) is 0.808. The number of rotatable bonds is 5. The number of esters is 1. The van der Waals surface area contributed by atoms with Crippen molar-refractivity contribution in [2.24, 2.45) is 0 Å². The van der Waals surface area contributed by atoms with E-state index in [0.717, 1.165) is 12.1 Å². The molecule has 0 fully saturated rings. The Bertz CT molecular complexity index is 1050. The summed E-state index contributed by atoms with van der Waals surface area (Å²) in [5.74, 6) is -2.42. The number of sulfonamides is 1. The van der Waals surface area contributed by atoms with Crippen LogP contribution in [0.2, 0.25) is 6.43 Å². The monoisotopic (exact) mass is 369 g/mol. The molecule has 1 aromatic carbocycles. The number of ether oxygens (including phenoxy) is 1.